The van der Waals surface area contributed by atoms with Crippen molar-refractivity contribution in [2.75, 3.05) is 26.3 Å². The van der Waals surface area contributed by atoms with E-state index in [0.29, 0.717) is 6.42 Å². The van der Waals surface area contributed by atoms with Gasteiger partial charge in [-0.1, -0.05) is 12.1 Å². The molecule has 0 aromatic carbocycles. The fourth-order valence-corrected chi connectivity index (χ4v) is 1.49. The van der Waals surface area contributed by atoms with E-state index >= 15 is 0 Å². The van der Waals surface area contributed by atoms with Gasteiger partial charge in [0.15, 0.2) is 0 Å². The highest BCUT2D eigenvalue weighted by molar-refractivity contribution is 5.80. The molecule has 1 atom stereocenters. The highest BCUT2D eigenvalue weighted by Crippen LogP contribution is 2.03. The molecule has 0 saturated carbocycles. The fourth-order valence-electron chi connectivity index (χ4n) is 1.49. The summed E-state index contributed by atoms with van der Waals surface area (Å²) >= 11 is 0. The van der Waals surface area contributed by atoms with E-state index in [2.05, 4.69) is 23.9 Å². The summed E-state index contributed by atoms with van der Waals surface area (Å²) in [6.07, 6.45) is 0.580. The smallest absolute Gasteiger partial charge is 0.140 e. The Labute approximate surface area is 91.9 Å². The van der Waals surface area contributed by atoms with Crippen molar-refractivity contribution in [2.24, 2.45) is 10.9 Å². The molecular weight excluding hydrogens is 194 g/mol. The predicted molar refractivity (Wildman–Crippen MR) is 61.2 cm³/mol. The zero-order chi connectivity index (χ0) is 11.7. The van der Waals surface area contributed by atoms with E-state index in [1.165, 1.54) is 0 Å². The van der Waals surface area contributed by atoms with Gasteiger partial charge in [-0.15, -0.1) is 0 Å². The first-order valence-electron chi connectivity index (χ1n) is 5.43. The second-order valence-electron chi connectivity index (χ2n) is 3.47. The van der Waals surface area contributed by atoms with Crippen LogP contribution in [0.2, 0.25) is 0 Å². The van der Waals surface area contributed by atoms with E-state index < -0.39 is 0 Å². The van der Waals surface area contributed by atoms with Crippen LogP contribution in [0.1, 0.15) is 27.2 Å². The maximum atomic E-state index is 8.47. The molecule has 0 heterocycles. The lowest BCUT2D eigenvalue weighted by molar-refractivity contribution is 0.101. The Bertz CT molecular complexity index is 186. The SMILES string of the molecule is CCOCCN(CC)C(C)CC(N)=NO. The zero-order valence-electron chi connectivity index (χ0n) is 9.94. The topological polar surface area (TPSA) is 71.1 Å². The number of likely N-dealkylation sites (N-methyl/N-ethyl adjacent to an activating group) is 1. The number of hydrogen-bond acceptors (Lipinski definition) is 4. The summed E-state index contributed by atoms with van der Waals surface area (Å²) in [6, 6.07) is 0.270. The summed E-state index contributed by atoms with van der Waals surface area (Å²) in [7, 11) is 0. The standard InChI is InChI=1S/C10H23N3O2/c1-4-13(6-7-15-5-2)9(3)8-10(11)12-14/h9,14H,4-8H2,1-3H3,(H2,11,12). The lowest BCUT2D eigenvalue weighted by atomic mass is 10.2. The van der Waals surface area contributed by atoms with Gasteiger partial charge in [-0.25, -0.2) is 0 Å². The number of nitrogens with zero attached hydrogens (tertiary/aromatic N) is 2. The van der Waals surface area contributed by atoms with Crippen molar-refractivity contribution in [1.29, 1.82) is 0 Å². The van der Waals surface area contributed by atoms with Crippen LogP contribution in [0.4, 0.5) is 0 Å². The van der Waals surface area contributed by atoms with Gasteiger partial charge in [0.05, 0.1) is 6.61 Å². The number of ether oxygens (including phenoxy) is 1. The monoisotopic (exact) mass is 217 g/mol. The predicted octanol–water partition coefficient (Wildman–Crippen LogP) is 0.870. The maximum Gasteiger partial charge on any atom is 0.140 e. The van der Waals surface area contributed by atoms with E-state index in [9.17, 15) is 0 Å². The van der Waals surface area contributed by atoms with Gasteiger partial charge in [0.1, 0.15) is 5.84 Å². The highest BCUT2D eigenvalue weighted by Gasteiger charge is 2.13. The summed E-state index contributed by atoms with van der Waals surface area (Å²) in [6.45, 7) is 9.42. The molecule has 0 aromatic heterocycles. The lowest BCUT2D eigenvalue weighted by Crippen LogP contribution is -2.38. The zero-order valence-corrected chi connectivity index (χ0v) is 9.94. The second kappa shape index (κ2) is 8.49. The third kappa shape index (κ3) is 6.30. The van der Waals surface area contributed by atoms with Gasteiger partial charge in [-0.2, -0.15) is 0 Å². The van der Waals surface area contributed by atoms with E-state index in [0.717, 1.165) is 26.3 Å². The average Bonchev–Trinajstić information content (AvgIpc) is 2.24. The molecule has 0 bridgehead atoms. The number of rotatable bonds is 8. The number of oxime groups is 1. The van der Waals surface area contributed by atoms with E-state index in [4.69, 9.17) is 15.7 Å². The molecule has 0 radical (unpaired) electrons. The van der Waals surface area contributed by atoms with Crippen LogP contribution in [-0.2, 0) is 4.74 Å². The van der Waals surface area contributed by atoms with Crippen molar-refractivity contribution < 1.29 is 9.94 Å². The molecule has 0 fully saturated rings. The van der Waals surface area contributed by atoms with Crippen molar-refractivity contribution in [1.82, 2.24) is 4.90 Å². The average molecular weight is 217 g/mol. The summed E-state index contributed by atoms with van der Waals surface area (Å²) in [5, 5.41) is 11.5. The lowest BCUT2D eigenvalue weighted by Gasteiger charge is -2.27. The third-order valence-corrected chi connectivity index (χ3v) is 2.39. The summed E-state index contributed by atoms with van der Waals surface area (Å²) < 4.78 is 5.29. The van der Waals surface area contributed by atoms with E-state index in [-0.39, 0.29) is 11.9 Å². The number of amidine groups is 1. The van der Waals surface area contributed by atoms with Crippen molar-refractivity contribution >= 4 is 5.84 Å². The van der Waals surface area contributed by atoms with E-state index in [1.807, 2.05) is 6.92 Å². The van der Waals surface area contributed by atoms with Crippen LogP contribution >= 0.6 is 0 Å². The molecule has 0 aliphatic heterocycles. The Morgan fingerprint density at radius 2 is 2.20 bits per heavy atom. The molecule has 1 unspecified atom stereocenters. The summed E-state index contributed by atoms with van der Waals surface area (Å²) in [5.74, 6) is 0.275. The molecule has 0 saturated heterocycles. The largest absolute Gasteiger partial charge is 0.409 e. The minimum absolute atomic E-state index is 0.270. The van der Waals surface area contributed by atoms with Crippen LogP contribution in [0, 0.1) is 0 Å². The summed E-state index contributed by atoms with van der Waals surface area (Å²) in [5.41, 5.74) is 5.46. The van der Waals surface area contributed by atoms with Gasteiger partial charge in [0.25, 0.3) is 0 Å². The first-order chi connectivity index (χ1) is 7.15. The number of hydrogen-bond donors (Lipinski definition) is 2. The first kappa shape index (κ1) is 14.2. The molecule has 0 spiro atoms. The van der Waals surface area contributed by atoms with Gasteiger partial charge in [-0.05, 0) is 20.4 Å². The molecule has 3 N–H and O–H groups in total. The molecule has 0 rings (SSSR count). The minimum atomic E-state index is 0.270. The Kier molecular flexibility index (Phi) is 8.04. The summed E-state index contributed by atoms with van der Waals surface area (Å²) in [4.78, 5) is 2.24. The Balaban J connectivity index is 3.92. The molecule has 5 heteroatoms. The molecule has 0 aromatic rings. The van der Waals surface area contributed by atoms with Gasteiger partial charge < -0.3 is 15.7 Å². The van der Waals surface area contributed by atoms with Crippen LogP contribution < -0.4 is 5.73 Å². The minimum Gasteiger partial charge on any atom is -0.409 e. The van der Waals surface area contributed by atoms with Gasteiger partial charge >= 0.3 is 0 Å². The van der Waals surface area contributed by atoms with Gasteiger partial charge in [0, 0.05) is 25.6 Å². The van der Waals surface area contributed by atoms with Crippen LogP contribution in [-0.4, -0.2) is 48.3 Å². The fraction of sp³-hybridized carbons (Fsp3) is 0.900. The normalized spacial score (nSPS) is 14.5. The number of nitrogens with two attached hydrogens (primary N) is 1. The maximum absolute atomic E-state index is 8.47. The highest BCUT2D eigenvalue weighted by atomic mass is 16.5. The third-order valence-electron chi connectivity index (χ3n) is 2.39. The van der Waals surface area contributed by atoms with E-state index in [1.54, 1.807) is 0 Å². The van der Waals surface area contributed by atoms with Crippen LogP contribution in [0.3, 0.4) is 0 Å². The molecule has 0 aliphatic carbocycles. The molecule has 0 amide bonds. The van der Waals surface area contributed by atoms with Crippen molar-refractivity contribution in [3.63, 3.8) is 0 Å². The molecule has 15 heavy (non-hydrogen) atoms. The van der Waals surface area contributed by atoms with Gasteiger partial charge in [-0.3, -0.25) is 4.90 Å². The van der Waals surface area contributed by atoms with Crippen molar-refractivity contribution in [2.45, 2.75) is 33.2 Å². The first-order valence-corrected chi connectivity index (χ1v) is 5.43. The second-order valence-corrected chi connectivity index (χ2v) is 3.47. The molecule has 90 valence electrons. The molecular formula is C10H23N3O2. The van der Waals surface area contributed by atoms with Crippen LogP contribution in [0.15, 0.2) is 5.16 Å². The Hall–Kier alpha value is -0.810. The van der Waals surface area contributed by atoms with Gasteiger partial charge in [0.2, 0.25) is 0 Å². The quantitative estimate of drug-likeness (QED) is 0.208. The Morgan fingerprint density at radius 1 is 1.53 bits per heavy atom. The van der Waals surface area contributed by atoms with Crippen LogP contribution in [0.5, 0.6) is 0 Å². The van der Waals surface area contributed by atoms with Crippen molar-refractivity contribution in [3.8, 4) is 0 Å². The molecule has 0 aliphatic rings. The molecule has 5 nitrogen and oxygen atoms in total. The van der Waals surface area contributed by atoms with Crippen LogP contribution in [0.25, 0.3) is 0 Å². The van der Waals surface area contributed by atoms with Crippen molar-refractivity contribution in [3.05, 3.63) is 0 Å². The Morgan fingerprint density at radius 3 is 2.67 bits per heavy atom.